The number of rotatable bonds is 8. The molecule has 1 aliphatic rings. The van der Waals surface area contributed by atoms with Crippen LogP contribution in [0.3, 0.4) is 0 Å². The molecule has 0 saturated carbocycles. The second kappa shape index (κ2) is 9.54. The molecule has 1 saturated heterocycles. The van der Waals surface area contributed by atoms with Crippen LogP contribution >= 0.6 is 11.3 Å². The highest BCUT2D eigenvalue weighted by atomic mass is 32.1. The summed E-state index contributed by atoms with van der Waals surface area (Å²) in [7, 11) is 0. The molecule has 0 spiro atoms. The highest BCUT2D eigenvalue weighted by Gasteiger charge is 2.22. The van der Waals surface area contributed by atoms with Gasteiger partial charge in [-0.2, -0.15) is 0 Å². The largest absolute Gasteiger partial charge is 0.376 e. The Bertz CT molecular complexity index is 1290. The van der Waals surface area contributed by atoms with E-state index in [4.69, 9.17) is 4.74 Å². The number of hydrogen-bond acceptors (Lipinski definition) is 7. The van der Waals surface area contributed by atoms with Gasteiger partial charge in [0, 0.05) is 41.6 Å². The number of hydrogen-bond donors (Lipinski definition) is 2. The average Bonchev–Trinajstić information content (AvgIpc) is 3.57. The van der Waals surface area contributed by atoms with Gasteiger partial charge in [0.2, 0.25) is 0 Å². The van der Waals surface area contributed by atoms with E-state index >= 15 is 0 Å². The lowest BCUT2D eigenvalue weighted by atomic mass is 10.0. The zero-order valence-electron chi connectivity index (χ0n) is 18.9. The lowest BCUT2D eigenvalue weighted by molar-refractivity contribution is 0.0925. The third-order valence-electron chi connectivity index (χ3n) is 6.35. The lowest BCUT2D eigenvalue weighted by Gasteiger charge is -2.18. The summed E-state index contributed by atoms with van der Waals surface area (Å²) in [6.45, 7) is 6.07. The molecule has 1 fully saturated rings. The molecule has 2 unspecified atom stereocenters. The van der Waals surface area contributed by atoms with E-state index in [-0.39, 0.29) is 17.7 Å². The highest BCUT2D eigenvalue weighted by Crippen LogP contribution is 2.24. The average molecular weight is 465 g/mol. The van der Waals surface area contributed by atoms with Crippen molar-refractivity contribution in [2.75, 3.05) is 6.61 Å². The van der Waals surface area contributed by atoms with Gasteiger partial charge in [0.1, 0.15) is 0 Å². The summed E-state index contributed by atoms with van der Waals surface area (Å²) >= 11 is 1.69. The van der Waals surface area contributed by atoms with Gasteiger partial charge in [-0.1, -0.05) is 6.07 Å². The number of aromatic amines is 1. The minimum absolute atomic E-state index is 0.00547. The summed E-state index contributed by atoms with van der Waals surface area (Å²) < 4.78 is 7.61. The highest BCUT2D eigenvalue weighted by molar-refractivity contribution is 7.10. The van der Waals surface area contributed by atoms with E-state index in [1.807, 2.05) is 22.9 Å². The number of nitrogens with zero attached hydrogens (tertiary/aromatic N) is 4. The first-order valence-electron chi connectivity index (χ1n) is 11.3. The summed E-state index contributed by atoms with van der Waals surface area (Å²) in [6.07, 6.45) is 2.92. The molecule has 4 aromatic rings. The van der Waals surface area contributed by atoms with Gasteiger partial charge in [0.25, 0.3) is 5.56 Å². The second-order valence-electron chi connectivity index (χ2n) is 8.71. The van der Waals surface area contributed by atoms with E-state index < -0.39 is 0 Å². The van der Waals surface area contributed by atoms with Crippen LogP contribution in [0.5, 0.6) is 0 Å². The Morgan fingerprint density at radius 3 is 2.97 bits per heavy atom. The number of aromatic nitrogens is 5. The summed E-state index contributed by atoms with van der Waals surface area (Å²) in [6, 6.07) is 10.3. The summed E-state index contributed by atoms with van der Waals surface area (Å²) in [4.78, 5) is 17.0. The number of pyridine rings is 1. The molecule has 4 heterocycles. The Balaban J connectivity index is 1.36. The quantitative estimate of drug-likeness (QED) is 0.415. The standard InChI is InChI=1S/C24H28N6O2S/c1-15-9-17-11-18(24(31)26-20(17)10-16(15)2)13-25-21(22-6-4-8-33-22)12-23-27-28-29-30(23)14-19-5-3-7-32-19/h4,6,8-11,19,21,25H,3,5,7,12-14H2,1-2H3,(H,26,31). The van der Waals surface area contributed by atoms with Gasteiger partial charge >= 0.3 is 0 Å². The van der Waals surface area contributed by atoms with Crippen LogP contribution in [-0.2, 0) is 24.2 Å². The molecule has 0 radical (unpaired) electrons. The molecule has 33 heavy (non-hydrogen) atoms. The van der Waals surface area contributed by atoms with Crippen LogP contribution in [0.2, 0.25) is 0 Å². The van der Waals surface area contributed by atoms with E-state index in [1.165, 1.54) is 16.0 Å². The minimum Gasteiger partial charge on any atom is -0.376 e. The van der Waals surface area contributed by atoms with Crippen molar-refractivity contribution in [3.05, 3.63) is 73.5 Å². The summed E-state index contributed by atoms with van der Waals surface area (Å²) in [5.41, 5.74) is 3.90. The second-order valence-corrected chi connectivity index (χ2v) is 9.69. The van der Waals surface area contributed by atoms with Crippen LogP contribution in [0, 0.1) is 13.8 Å². The first kappa shape index (κ1) is 21.9. The number of aryl methyl sites for hydroxylation is 2. The van der Waals surface area contributed by atoms with Gasteiger partial charge in [0.15, 0.2) is 5.82 Å². The summed E-state index contributed by atoms with van der Waals surface area (Å²) in [5.74, 6) is 0.815. The van der Waals surface area contributed by atoms with Crippen LogP contribution in [-0.4, -0.2) is 37.9 Å². The molecule has 0 bridgehead atoms. The number of nitrogens with one attached hydrogen (secondary N) is 2. The van der Waals surface area contributed by atoms with Gasteiger partial charge in [0.05, 0.1) is 12.6 Å². The fourth-order valence-electron chi connectivity index (χ4n) is 4.32. The molecule has 5 rings (SSSR count). The van der Waals surface area contributed by atoms with Gasteiger partial charge in [-0.25, -0.2) is 4.68 Å². The Morgan fingerprint density at radius 2 is 2.18 bits per heavy atom. The molecule has 8 nitrogen and oxygen atoms in total. The lowest BCUT2D eigenvalue weighted by Crippen LogP contribution is -2.27. The third kappa shape index (κ3) is 4.90. The molecule has 3 aromatic heterocycles. The number of benzene rings is 1. The maximum atomic E-state index is 12.7. The van der Waals surface area contributed by atoms with Gasteiger partial charge < -0.3 is 15.0 Å². The predicted molar refractivity (Wildman–Crippen MR) is 128 cm³/mol. The number of thiophene rings is 1. The van der Waals surface area contributed by atoms with Crippen molar-refractivity contribution in [1.29, 1.82) is 0 Å². The predicted octanol–water partition coefficient (Wildman–Crippen LogP) is 3.45. The molecule has 172 valence electrons. The maximum absolute atomic E-state index is 12.7. The van der Waals surface area contributed by atoms with Crippen molar-refractivity contribution in [2.45, 2.75) is 58.3 Å². The fourth-order valence-corrected chi connectivity index (χ4v) is 5.13. The monoisotopic (exact) mass is 464 g/mol. The van der Waals surface area contributed by atoms with Crippen LogP contribution in [0.4, 0.5) is 0 Å². The van der Waals surface area contributed by atoms with Crippen LogP contribution in [0.25, 0.3) is 10.9 Å². The number of tetrazole rings is 1. The zero-order valence-corrected chi connectivity index (χ0v) is 19.7. The number of fused-ring (bicyclic) bond motifs is 1. The van der Waals surface area contributed by atoms with E-state index in [0.29, 0.717) is 25.1 Å². The molecule has 0 amide bonds. The molecule has 2 N–H and O–H groups in total. The molecular weight excluding hydrogens is 436 g/mol. The minimum atomic E-state index is -0.0635. The van der Waals surface area contributed by atoms with Crippen molar-refractivity contribution in [2.24, 2.45) is 0 Å². The molecule has 1 aromatic carbocycles. The summed E-state index contributed by atoms with van der Waals surface area (Å²) in [5, 5.41) is 19.1. The smallest absolute Gasteiger partial charge is 0.252 e. The molecule has 9 heteroatoms. The molecule has 1 aliphatic heterocycles. The molecular formula is C24H28N6O2S. The zero-order chi connectivity index (χ0) is 22.8. The Kier molecular flexibility index (Phi) is 6.34. The van der Waals surface area contributed by atoms with Crippen molar-refractivity contribution < 1.29 is 4.74 Å². The van der Waals surface area contributed by atoms with Crippen LogP contribution < -0.4 is 10.9 Å². The normalized spacial score (nSPS) is 17.1. The first-order chi connectivity index (χ1) is 16.1. The topological polar surface area (TPSA) is 97.7 Å². The van der Waals surface area contributed by atoms with Crippen molar-refractivity contribution in [1.82, 2.24) is 30.5 Å². The van der Waals surface area contributed by atoms with Crippen molar-refractivity contribution in [3.8, 4) is 0 Å². The Hall–Kier alpha value is -2.88. The van der Waals surface area contributed by atoms with E-state index in [1.54, 1.807) is 11.3 Å². The van der Waals surface area contributed by atoms with Crippen molar-refractivity contribution >= 4 is 22.2 Å². The van der Waals surface area contributed by atoms with Crippen LogP contribution in [0.15, 0.2) is 40.5 Å². The van der Waals surface area contributed by atoms with E-state index in [2.05, 4.69) is 57.2 Å². The third-order valence-corrected chi connectivity index (χ3v) is 7.34. The maximum Gasteiger partial charge on any atom is 0.252 e. The Labute approximate surface area is 196 Å². The Morgan fingerprint density at radius 1 is 1.30 bits per heavy atom. The van der Waals surface area contributed by atoms with Gasteiger partial charge in [-0.05, 0) is 83.3 Å². The molecule has 2 atom stereocenters. The SMILES string of the molecule is Cc1cc2cc(CNC(Cc3nnnn3CC3CCCO3)c3cccs3)c(=O)[nH]c2cc1C. The van der Waals surface area contributed by atoms with E-state index in [9.17, 15) is 4.79 Å². The fraction of sp³-hybridized carbons (Fsp3) is 0.417. The van der Waals surface area contributed by atoms with E-state index in [0.717, 1.165) is 36.2 Å². The number of H-pyrrole nitrogens is 1. The van der Waals surface area contributed by atoms with Gasteiger partial charge in [-0.3, -0.25) is 4.79 Å². The number of ether oxygens (including phenoxy) is 1. The molecule has 0 aliphatic carbocycles. The van der Waals surface area contributed by atoms with Crippen molar-refractivity contribution in [3.63, 3.8) is 0 Å². The first-order valence-corrected chi connectivity index (χ1v) is 12.2. The van der Waals surface area contributed by atoms with Crippen LogP contribution in [0.1, 0.15) is 46.3 Å². The van der Waals surface area contributed by atoms with Gasteiger partial charge in [-0.15, -0.1) is 16.4 Å².